The summed E-state index contributed by atoms with van der Waals surface area (Å²) in [5, 5.41) is 4.07. The SMILES string of the molecule is COc1cc(OC)c(Br)c(-n2c(C(C)NCCc3ccccc3)nc3ccccc3c2=O)c1. The van der Waals surface area contributed by atoms with Gasteiger partial charge in [0.15, 0.2) is 0 Å². The number of benzene rings is 3. The Hall–Kier alpha value is -3.16. The lowest BCUT2D eigenvalue weighted by atomic mass is 10.1. The highest BCUT2D eigenvalue weighted by atomic mass is 79.9. The third-order valence-electron chi connectivity index (χ3n) is 5.59. The number of methoxy groups -OCH3 is 2. The zero-order chi connectivity index (χ0) is 23.4. The van der Waals surface area contributed by atoms with Crippen molar-refractivity contribution in [2.24, 2.45) is 0 Å². The van der Waals surface area contributed by atoms with Gasteiger partial charge in [0.1, 0.15) is 17.3 Å². The summed E-state index contributed by atoms with van der Waals surface area (Å²) < 4.78 is 13.3. The molecule has 0 aliphatic carbocycles. The largest absolute Gasteiger partial charge is 0.497 e. The van der Waals surface area contributed by atoms with Crippen LogP contribution in [-0.4, -0.2) is 30.3 Å². The number of hydrogen-bond donors (Lipinski definition) is 1. The molecule has 0 spiro atoms. The van der Waals surface area contributed by atoms with Gasteiger partial charge in [0, 0.05) is 12.1 Å². The second kappa shape index (κ2) is 10.2. The van der Waals surface area contributed by atoms with E-state index in [4.69, 9.17) is 14.5 Å². The Morgan fingerprint density at radius 3 is 2.48 bits per heavy atom. The van der Waals surface area contributed by atoms with E-state index in [0.29, 0.717) is 38.4 Å². The highest BCUT2D eigenvalue weighted by Gasteiger charge is 2.21. The molecule has 0 aliphatic heterocycles. The standard InChI is InChI=1S/C26H26BrN3O3/c1-17(28-14-13-18-9-5-4-6-10-18)25-29-21-12-8-7-11-20(21)26(31)30(25)22-15-19(32-2)16-23(33-3)24(22)27/h4-12,15-17,28H,13-14H2,1-3H3. The number of ether oxygens (including phenoxy) is 2. The molecule has 4 aromatic rings. The van der Waals surface area contributed by atoms with Crippen molar-refractivity contribution in [3.63, 3.8) is 0 Å². The van der Waals surface area contributed by atoms with Crippen LogP contribution in [0.1, 0.15) is 24.4 Å². The number of hydrogen-bond acceptors (Lipinski definition) is 5. The van der Waals surface area contributed by atoms with Gasteiger partial charge in [-0.3, -0.25) is 9.36 Å². The molecular weight excluding hydrogens is 482 g/mol. The molecule has 0 radical (unpaired) electrons. The lowest BCUT2D eigenvalue weighted by molar-refractivity contribution is 0.392. The van der Waals surface area contributed by atoms with Gasteiger partial charge in [0.05, 0.1) is 41.3 Å². The fourth-order valence-corrected chi connectivity index (χ4v) is 4.40. The molecule has 1 N–H and O–H groups in total. The van der Waals surface area contributed by atoms with Crippen LogP contribution in [0.3, 0.4) is 0 Å². The van der Waals surface area contributed by atoms with Crippen LogP contribution in [-0.2, 0) is 6.42 Å². The molecule has 0 saturated carbocycles. The summed E-state index contributed by atoms with van der Waals surface area (Å²) in [6.07, 6.45) is 0.875. The number of nitrogens with one attached hydrogen (secondary N) is 1. The number of aromatic nitrogens is 2. The summed E-state index contributed by atoms with van der Waals surface area (Å²) in [6, 6.07) is 21.1. The third-order valence-corrected chi connectivity index (χ3v) is 6.38. The number of halogens is 1. The van der Waals surface area contributed by atoms with Crippen LogP contribution >= 0.6 is 15.9 Å². The normalized spacial score (nSPS) is 12.0. The van der Waals surface area contributed by atoms with Gasteiger partial charge < -0.3 is 14.8 Å². The van der Waals surface area contributed by atoms with E-state index in [1.165, 1.54) is 5.56 Å². The van der Waals surface area contributed by atoms with Crippen molar-refractivity contribution in [1.29, 1.82) is 0 Å². The highest BCUT2D eigenvalue weighted by Crippen LogP contribution is 2.36. The zero-order valence-electron chi connectivity index (χ0n) is 18.8. The fraction of sp³-hybridized carbons (Fsp3) is 0.231. The summed E-state index contributed by atoms with van der Waals surface area (Å²) in [4.78, 5) is 18.6. The van der Waals surface area contributed by atoms with Crippen LogP contribution in [0.5, 0.6) is 11.5 Å². The first-order valence-electron chi connectivity index (χ1n) is 10.7. The summed E-state index contributed by atoms with van der Waals surface area (Å²) in [7, 11) is 3.17. The van der Waals surface area contributed by atoms with Crippen molar-refractivity contribution >= 4 is 26.8 Å². The minimum atomic E-state index is -0.185. The predicted molar refractivity (Wildman–Crippen MR) is 135 cm³/mol. The van der Waals surface area contributed by atoms with E-state index in [1.807, 2.05) is 49.4 Å². The molecular formula is C26H26BrN3O3. The van der Waals surface area contributed by atoms with Crippen LogP contribution in [0.4, 0.5) is 0 Å². The second-order valence-corrected chi connectivity index (χ2v) is 8.49. The Kier molecular flexibility index (Phi) is 7.11. The quantitative estimate of drug-likeness (QED) is 0.361. The topological polar surface area (TPSA) is 65.4 Å². The van der Waals surface area contributed by atoms with Crippen LogP contribution in [0.15, 0.2) is 76.0 Å². The lowest BCUT2D eigenvalue weighted by Gasteiger charge is -2.21. The van der Waals surface area contributed by atoms with Gasteiger partial charge in [-0.15, -0.1) is 0 Å². The van der Waals surface area contributed by atoms with Gasteiger partial charge in [-0.1, -0.05) is 42.5 Å². The van der Waals surface area contributed by atoms with Crippen molar-refractivity contribution in [3.8, 4) is 17.2 Å². The molecule has 4 rings (SSSR count). The summed E-state index contributed by atoms with van der Waals surface area (Å²) >= 11 is 3.62. The molecule has 3 aromatic carbocycles. The lowest BCUT2D eigenvalue weighted by Crippen LogP contribution is -2.31. The molecule has 1 heterocycles. The van der Waals surface area contributed by atoms with Crippen molar-refractivity contribution in [1.82, 2.24) is 14.9 Å². The van der Waals surface area contributed by atoms with E-state index in [2.05, 4.69) is 33.4 Å². The average molecular weight is 508 g/mol. The smallest absolute Gasteiger partial charge is 0.266 e. The van der Waals surface area contributed by atoms with E-state index < -0.39 is 0 Å². The van der Waals surface area contributed by atoms with E-state index in [-0.39, 0.29) is 11.6 Å². The Bertz CT molecular complexity index is 1320. The molecule has 7 heteroatoms. The van der Waals surface area contributed by atoms with Crippen LogP contribution < -0.4 is 20.3 Å². The number of para-hydroxylation sites is 1. The molecule has 0 fully saturated rings. The number of nitrogens with zero attached hydrogens (tertiary/aromatic N) is 2. The van der Waals surface area contributed by atoms with Crippen LogP contribution in [0.25, 0.3) is 16.6 Å². The number of fused-ring (bicyclic) bond motifs is 1. The fourth-order valence-electron chi connectivity index (χ4n) is 3.83. The zero-order valence-corrected chi connectivity index (χ0v) is 20.4. The molecule has 6 nitrogen and oxygen atoms in total. The third kappa shape index (κ3) is 4.79. The molecule has 1 atom stereocenters. The Morgan fingerprint density at radius 2 is 1.76 bits per heavy atom. The first-order valence-corrected chi connectivity index (χ1v) is 11.5. The number of rotatable bonds is 8. The molecule has 0 bridgehead atoms. The minimum absolute atomic E-state index is 0.150. The van der Waals surface area contributed by atoms with E-state index in [0.717, 1.165) is 13.0 Å². The first-order chi connectivity index (χ1) is 16.0. The summed E-state index contributed by atoms with van der Waals surface area (Å²) in [5.74, 6) is 1.77. The Balaban J connectivity index is 1.81. The van der Waals surface area contributed by atoms with Crippen molar-refractivity contribution in [2.45, 2.75) is 19.4 Å². The average Bonchev–Trinajstić information content (AvgIpc) is 2.85. The van der Waals surface area contributed by atoms with E-state index in [1.54, 1.807) is 30.9 Å². The Labute approximate surface area is 201 Å². The molecule has 0 aliphatic rings. The predicted octanol–water partition coefficient (Wildman–Crippen LogP) is 5.06. The highest BCUT2D eigenvalue weighted by molar-refractivity contribution is 9.10. The van der Waals surface area contributed by atoms with E-state index in [9.17, 15) is 4.79 Å². The van der Waals surface area contributed by atoms with Gasteiger partial charge in [-0.05, 0) is 53.5 Å². The van der Waals surface area contributed by atoms with Gasteiger partial charge in [0.2, 0.25) is 0 Å². The maximum absolute atomic E-state index is 13.7. The molecule has 33 heavy (non-hydrogen) atoms. The second-order valence-electron chi connectivity index (χ2n) is 7.70. The molecule has 0 amide bonds. The molecule has 170 valence electrons. The molecule has 1 unspecified atom stereocenters. The maximum Gasteiger partial charge on any atom is 0.266 e. The van der Waals surface area contributed by atoms with Crippen LogP contribution in [0, 0.1) is 0 Å². The van der Waals surface area contributed by atoms with E-state index >= 15 is 0 Å². The maximum atomic E-state index is 13.7. The summed E-state index contributed by atoms with van der Waals surface area (Å²) in [5.41, 5.74) is 2.38. The monoisotopic (exact) mass is 507 g/mol. The van der Waals surface area contributed by atoms with Gasteiger partial charge in [0.25, 0.3) is 5.56 Å². The Morgan fingerprint density at radius 1 is 1.03 bits per heavy atom. The molecule has 0 saturated heterocycles. The van der Waals surface area contributed by atoms with Gasteiger partial charge in [-0.2, -0.15) is 0 Å². The molecule has 1 aromatic heterocycles. The first kappa shape index (κ1) is 23.0. The van der Waals surface area contributed by atoms with Crippen molar-refractivity contribution in [2.75, 3.05) is 20.8 Å². The van der Waals surface area contributed by atoms with Crippen LogP contribution in [0.2, 0.25) is 0 Å². The van der Waals surface area contributed by atoms with Crippen molar-refractivity contribution < 1.29 is 9.47 Å². The van der Waals surface area contributed by atoms with Gasteiger partial charge >= 0.3 is 0 Å². The van der Waals surface area contributed by atoms with Gasteiger partial charge in [-0.25, -0.2) is 4.98 Å². The van der Waals surface area contributed by atoms with Crippen molar-refractivity contribution in [3.05, 3.63) is 92.9 Å². The summed E-state index contributed by atoms with van der Waals surface area (Å²) in [6.45, 7) is 2.76. The minimum Gasteiger partial charge on any atom is -0.497 e.